The van der Waals surface area contributed by atoms with Crippen LogP contribution < -0.4 is 9.47 Å². The minimum atomic E-state index is -2.60. The zero-order valence-electron chi connectivity index (χ0n) is 10.7. The van der Waals surface area contributed by atoms with Crippen molar-refractivity contribution in [1.29, 1.82) is 0 Å². The van der Waals surface area contributed by atoms with Crippen molar-refractivity contribution in [3.63, 3.8) is 0 Å². The van der Waals surface area contributed by atoms with Gasteiger partial charge in [0.2, 0.25) is 0 Å². The van der Waals surface area contributed by atoms with Crippen LogP contribution >= 0.6 is 11.6 Å². The Balaban J connectivity index is 2.17. The Hall–Kier alpha value is -1.56. The summed E-state index contributed by atoms with van der Waals surface area (Å²) in [4.78, 5) is 13.2. The van der Waals surface area contributed by atoms with Crippen molar-refractivity contribution >= 4 is 17.5 Å². The van der Waals surface area contributed by atoms with Gasteiger partial charge in [-0.25, -0.2) is 8.78 Å². The van der Waals surface area contributed by atoms with Gasteiger partial charge in [-0.2, -0.15) is 0 Å². The fourth-order valence-electron chi connectivity index (χ4n) is 1.90. The molecule has 0 unspecified atom stereocenters. The van der Waals surface area contributed by atoms with Crippen LogP contribution in [0.5, 0.6) is 11.5 Å². The molecule has 1 aliphatic heterocycles. The summed E-state index contributed by atoms with van der Waals surface area (Å²) in [6.07, 6.45) is -2.60. The Labute approximate surface area is 120 Å². The number of fused-ring (bicyclic) bond motifs is 1. The monoisotopic (exact) mass is 305 g/mol. The van der Waals surface area contributed by atoms with Crippen LogP contribution in [0.1, 0.15) is 10.4 Å². The van der Waals surface area contributed by atoms with Crippen LogP contribution in [0, 0.1) is 0 Å². The number of hydrogen-bond acceptors (Lipinski definition) is 3. The highest BCUT2D eigenvalue weighted by atomic mass is 35.5. The van der Waals surface area contributed by atoms with Crippen LogP contribution in [0.25, 0.3) is 0 Å². The molecule has 4 nitrogen and oxygen atoms in total. The SMILES string of the molecule is O=C(c1ccc2c(c1)OCCO2)N(CCCl)CC(F)F. The number of ether oxygens (including phenoxy) is 2. The molecule has 0 saturated heterocycles. The maximum absolute atomic E-state index is 12.5. The van der Waals surface area contributed by atoms with Crippen LogP contribution in [0.15, 0.2) is 18.2 Å². The number of alkyl halides is 3. The summed E-state index contributed by atoms with van der Waals surface area (Å²) < 4.78 is 35.7. The molecule has 0 spiro atoms. The first-order valence-electron chi connectivity index (χ1n) is 6.15. The first-order chi connectivity index (χ1) is 9.61. The predicted molar refractivity (Wildman–Crippen MR) is 70.1 cm³/mol. The molecule has 110 valence electrons. The zero-order chi connectivity index (χ0) is 14.5. The van der Waals surface area contributed by atoms with Crippen molar-refractivity contribution in [2.75, 3.05) is 32.2 Å². The van der Waals surface area contributed by atoms with E-state index in [1.165, 1.54) is 12.1 Å². The van der Waals surface area contributed by atoms with Crippen molar-refractivity contribution in [3.8, 4) is 11.5 Å². The summed E-state index contributed by atoms with van der Waals surface area (Å²) in [7, 11) is 0. The van der Waals surface area contributed by atoms with Gasteiger partial charge in [-0.3, -0.25) is 4.79 Å². The molecule has 1 aromatic carbocycles. The van der Waals surface area contributed by atoms with Gasteiger partial charge in [0.15, 0.2) is 11.5 Å². The Bertz CT molecular complexity index is 485. The van der Waals surface area contributed by atoms with Gasteiger partial charge in [0.25, 0.3) is 12.3 Å². The third-order valence-electron chi connectivity index (χ3n) is 2.79. The standard InChI is InChI=1S/C13H14ClF2NO3/c14-3-4-17(8-12(15)16)13(18)9-1-2-10-11(7-9)20-6-5-19-10/h1-2,7,12H,3-6,8H2. The molecule has 0 atom stereocenters. The predicted octanol–water partition coefficient (Wildman–Crippen LogP) is 2.40. The molecule has 0 saturated carbocycles. The molecule has 2 rings (SSSR count). The Morgan fingerprint density at radius 3 is 2.65 bits per heavy atom. The van der Waals surface area contributed by atoms with Crippen molar-refractivity contribution in [2.45, 2.75) is 6.43 Å². The summed E-state index contributed by atoms with van der Waals surface area (Å²) in [5, 5.41) is 0. The van der Waals surface area contributed by atoms with E-state index >= 15 is 0 Å². The van der Waals surface area contributed by atoms with E-state index in [9.17, 15) is 13.6 Å². The number of hydrogen-bond donors (Lipinski definition) is 0. The molecule has 1 amide bonds. The molecule has 1 heterocycles. The van der Waals surface area contributed by atoms with Crippen LogP contribution in [-0.4, -0.2) is 49.4 Å². The lowest BCUT2D eigenvalue weighted by Gasteiger charge is -2.23. The minimum absolute atomic E-state index is 0.0686. The van der Waals surface area contributed by atoms with Crippen LogP contribution in [0.3, 0.4) is 0 Å². The first-order valence-corrected chi connectivity index (χ1v) is 6.68. The fraction of sp³-hybridized carbons (Fsp3) is 0.462. The molecule has 7 heteroatoms. The number of rotatable bonds is 5. The Morgan fingerprint density at radius 2 is 2.00 bits per heavy atom. The van der Waals surface area contributed by atoms with Gasteiger partial charge in [0.05, 0.1) is 6.54 Å². The Morgan fingerprint density at radius 1 is 1.30 bits per heavy atom. The second-order valence-electron chi connectivity index (χ2n) is 4.19. The first kappa shape index (κ1) is 14.8. The molecule has 0 aliphatic carbocycles. The molecule has 0 N–H and O–H groups in total. The highest BCUT2D eigenvalue weighted by Crippen LogP contribution is 2.31. The zero-order valence-corrected chi connectivity index (χ0v) is 11.4. The third kappa shape index (κ3) is 3.50. The van der Waals surface area contributed by atoms with Gasteiger partial charge >= 0.3 is 0 Å². The highest BCUT2D eigenvalue weighted by molar-refractivity contribution is 6.18. The number of nitrogens with zero attached hydrogens (tertiary/aromatic N) is 1. The fourth-order valence-corrected chi connectivity index (χ4v) is 2.11. The summed E-state index contributed by atoms with van der Waals surface area (Å²) in [5.74, 6) is 0.599. The average molecular weight is 306 g/mol. The molecule has 1 aromatic rings. The summed E-state index contributed by atoms with van der Waals surface area (Å²) in [6, 6.07) is 4.63. The summed E-state index contributed by atoms with van der Waals surface area (Å²) in [6.45, 7) is 0.274. The van der Waals surface area contributed by atoms with Crippen LogP contribution in [-0.2, 0) is 0 Å². The largest absolute Gasteiger partial charge is 0.486 e. The topological polar surface area (TPSA) is 38.8 Å². The molecule has 0 aromatic heterocycles. The van der Waals surface area contributed by atoms with Crippen molar-refractivity contribution in [3.05, 3.63) is 23.8 Å². The van der Waals surface area contributed by atoms with Crippen molar-refractivity contribution in [1.82, 2.24) is 4.90 Å². The van der Waals surface area contributed by atoms with Crippen LogP contribution in [0.4, 0.5) is 8.78 Å². The van der Waals surface area contributed by atoms with E-state index < -0.39 is 18.9 Å². The maximum atomic E-state index is 12.5. The lowest BCUT2D eigenvalue weighted by molar-refractivity contribution is 0.0570. The smallest absolute Gasteiger partial charge is 0.255 e. The van der Waals surface area contributed by atoms with Gasteiger partial charge < -0.3 is 14.4 Å². The molecule has 0 fully saturated rings. The van der Waals surface area contributed by atoms with Crippen molar-refractivity contribution < 1.29 is 23.0 Å². The molecule has 20 heavy (non-hydrogen) atoms. The van der Waals surface area contributed by atoms with Gasteiger partial charge in [-0.1, -0.05) is 0 Å². The van der Waals surface area contributed by atoms with Crippen LogP contribution in [0.2, 0.25) is 0 Å². The van der Waals surface area contributed by atoms with E-state index in [1.807, 2.05) is 0 Å². The van der Waals surface area contributed by atoms with Gasteiger partial charge in [0.1, 0.15) is 13.2 Å². The molecular weight excluding hydrogens is 292 g/mol. The number of amides is 1. The third-order valence-corrected chi connectivity index (χ3v) is 2.96. The van der Waals surface area contributed by atoms with Crippen molar-refractivity contribution in [2.24, 2.45) is 0 Å². The number of halogens is 3. The van der Waals surface area contributed by atoms with E-state index in [0.717, 1.165) is 4.90 Å². The Kier molecular flexibility index (Phi) is 5.00. The van der Waals surface area contributed by atoms with Gasteiger partial charge in [-0.05, 0) is 18.2 Å². The molecule has 1 aliphatic rings. The normalized spacial score (nSPS) is 13.4. The summed E-state index contributed by atoms with van der Waals surface area (Å²) in [5.41, 5.74) is 0.278. The number of carbonyl (C=O) groups is 1. The van der Waals surface area contributed by atoms with E-state index in [4.69, 9.17) is 21.1 Å². The van der Waals surface area contributed by atoms with E-state index in [-0.39, 0.29) is 18.0 Å². The van der Waals surface area contributed by atoms with Gasteiger partial charge in [-0.15, -0.1) is 11.6 Å². The van der Waals surface area contributed by atoms with E-state index in [0.29, 0.717) is 24.7 Å². The maximum Gasteiger partial charge on any atom is 0.255 e. The highest BCUT2D eigenvalue weighted by Gasteiger charge is 2.21. The van der Waals surface area contributed by atoms with E-state index in [2.05, 4.69) is 0 Å². The second-order valence-corrected chi connectivity index (χ2v) is 4.57. The number of benzene rings is 1. The summed E-state index contributed by atoms with van der Waals surface area (Å²) >= 11 is 5.54. The second kappa shape index (κ2) is 6.74. The van der Waals surface area contributed by atoms with E-state index in [1.54, 1.807) is 6.07 Å². The lowest BCUT2D eigenvalue weighted by atomic mass is 10.1. The quantitative estimate of drug-likeness (QED) is 0.784. The number of carbonyl (C=O) groups excluding carboxylic acids is 1. The molecule has 0 bridgehead atoms. The average Bonchev–Trinajstić information content (AvgIpc) is 2.45. The molecule has 0 radical (unpaired) electrons. The lowest BCUT2D eigenvalue weighted by Crippen LogP contribution is -2.36. The molecular formula is C13H14ClF2NO3. The minimum Gasteiger partial charge on any atom is -0.486 e. The van der Waals surface area contributed by atoms with Gasteiger partial charge in [0, 0.05) is 18.0 Å².